The quantitative estimate of drug-likeness (QED) is 0.0789. The second-order valence-corrected chi connectivity index (χ2v) is 17.8. The summed E-state index contributed by atoms with van der Waals surface area (Å²) in [7, 11) is -14.8. The van der Waals surface area contributed by atoms with Gasteiger partial charge in [0.2, 0.25) is 0 Å². The fourth-order valence-electron chi connectivity index (χ4n) is 6.82. The van der Waals surface area contributed by atoms with E-state index in [1.54, 1.807) is 18.2 Å². The number of anilines is 2. The van der Waals surface area contributed by atoms with Gasteiger partial charge in [-0.05, 0) is 52.6 Å². The van der Waals surface area contributed by atoms with Crippen molar-refractivity contribution < 1.29 is 58.6 Å². The normalized spacial score (nSPS) is 12.7. The lowest BCUT2D eigenvalue weighted by atomic mass is 9.81. The maximum absolute atomic E-state index is 14.4. The summed E-state index contributed by atoms with van der Waals surface area (Å²) in [5, 5.41) is 12.7. The molecule has 292 valence electrons. The Bertz CT molecular complexity index is 3130. The molecule has 16 nitrogen and oxygen atoms in total. The van der Waals surface area contributed by atoms with E-state index < -0.39 is 108 Å². The van der Waals surface area contributed by atoms with E-state index in [1.165, 1.54) is 24.3 Å². The number of carbonyl (C=O) groups is 3. The lowest BCUT2D eigenvalue weighted by Gasteiger charge is -2.25. The number of fused-ring (bicyclic) bond motifs is 3. The Morgan fingerprint density at radius 3 is 2.11 bits per heavy atom. The summed E-state index contributed by atoms with van der Waals surface area (Å²) in [4.78, 5) is 53.0. The van der Waals surface area contributed by atoms with Gasteiger partial charge < -0.3 is 20.1 Å². The maximum atomic E-state index is 14.4. The molecule has 0 atom stereocenters. The van der Waals surface area contributed by atoms with Gasteiger partial charge in [0.15, 0.2) is 15.6 Å². The molecule has 57 heavy (non-hydrogen) atoms. The van der Waals surface area contributed by atoms with Crippen LogP contribution in [0, 0.1) is 0 Å². The van der Waals surface area contributed by atoms with Gasteiger partial charge in [0.1, 0.15) is 22.0 Å². The molecule has 0 aliphatic heterocycles. The molecule has 0 spiro atoms. The zero-order valence-electron chi connectivity index (χ0n) is 29.0. The van der Waals surface area contributed by atoms with Crippen LogP contribution in [-0.4, -0.2) is 67.9 Å². The number of aromatic amines is 1. The number of aliphatic carboxylic acids is 1. The van der Waals surface area contributed by atoms with E-state index in [2.05, 4.69) is 10.3 Å². The Kier molecular flexibility index (Phi) is 9.82. The number of ether oxygens (including phenoxy) is 1. The third kappa shape index (κ3) is 7.29. The van der Waals surface area contributed by atoms with Crippen molar-refractivity contribution in [3.63, 3.8) is 0 Å². The Morgan fingerprint density at radius 1 is 0.737 bits per heavy atom. The molecule has 1 aromatic heterocycles. The Labute approximate surface area is 323 Å². The van der Waals surface area contributed by atoms with E-state index >= 15 is 0 Å². The first-order chi connectivity index (χ1) is 26.9. The predicted molar refractivity (Wildman–Crippen MR) is 205 cm³/mol. The molecule has 7 rings (SSSR count). The van der Waals surface area contributed by atoms with Gasteiger partial charge >= 0.3 is 11.9 Å². The monoisotopic (exact) mass is 832 g/mol. The fraction of sp³-hybridized carbons (Fsp3) is 0.105. The van der Waals surface area contributed by atoms with Crippen LogP contribution in [0.1, 0.15) is 44.7 Å². The van der Waals surface area contributed by atoms with Crippen molar-refractivity contribution >= 4 is 80.8 Å². The number of ketones is 1. The van der Waals surface area contributed by atoms with E-state index in [-0.39, 0.29) is 35.1 Å². The molecule has 19 heteroatoms. The van der Waals surface area contributed by atoms with Gasteiger partial charge in [-0.1, -0.05) is 66.7 Å². The molecule has 0 bridgehead atoms. The summed E-state index contributed by atoms with van der Waals surface area (Å²) >= 11 is 0. The van der Waals surface area contributed by atoms with Crippen LogP contribution in [0.5, 0.6) is 0 Å². The topological polar surface area (TPSA) is 268 Å². The van der Waals surface area contributed by atoms with E-state index in [4.69, 9.17) is 9.84 Å². The Morgan fingerprint density at radius 2 is 1.40 bits per heavy atom. The lowest BCUT2D eigenvalue weighted by Crippen LogP contribution is -2.26. The fourth-order valence-corrected chi connectivity index (χ4v) is 9.46. The first kappa shape index (κ1) is 39.0. The molecule has 0 radical (unpaired) electrons. The van der Waals surface area contributed by atoms with Gasteiger partial charge in [0, 0.05) is 22.9 Å². The summed E-state index contributed by atoms with van der Waals surface area (Å²) in [6.45, 7) is -0.309. The van der Waals surface area contributed by atoms with Gasteiger partial charge in [-0.3, -0.25) is 23.5 Å². The molecule has 6 aromatic rings. The number of hydrogen-bond donors (Lipinski definition) is 5. The van der Waals surface area contributed by atoms with Crippen LogP contribution in [0.3, 0.4) is 0 Å². The molecule has 0 fully saturated rings. The zero-order chi connectivity index (χ0) is 41.0. The largest absolute Gasteiger partial charge is 0.481 e. The molecule has 0 saturated carbocycles. The first-order valence-electron chi connectivity index (χ1n) is 16.7. The van der Waals surface area contributed by atoms with Crippen LogP contribution in [0.2, 0.25) is 0 Å². The van der Waals surface area contributed by atoms with E-state index in [0.717, 1.165) is 29.0 Å². The minimum absolute atomic E-state index is 0.00900. The number of hydrogen-bond acceptors (Lipinski definition) is 12. The van der Waals surface area contributed by atoms with E-state index in [1.807, 2.05) is 24.3 Å². The molecule has 0 saturated heterocycles. The number of carboxylic acid groups (broad SMARTS) is 1. The number of carboxylic acids is 1. The standard InChI is InChI=1S/C38H28N2O14S3/c41-30(42)13-6-16-55(46,47)22-14-15-28(56(48,49)50)26(17-22)39-27-18-29(57(51,52)53)35-33-31(24-11-3-4-12-25(24)36(43)32(27)33)34(37(44)40-35)38(45)54-19-21-9-5-8-20-7-1-2-10-23(20)21/h1-5,7-12,14-15,17-18,39H,6,13,16,19H2,(H,40,44)(H,41,42)(H,48,49,50)(H,51,52,53). The van der Waals surface area contributed by atoms with Crippen molar-refractivity contribution in [2.24, 2.45) is 0 Å². The SMILES string of the molecule is O=C(O)CCCS(=O)(=O)c1ccc(S(=O)(=O)O)c(Nc2cc(S(=O)(=O)O)c3[nH]c(=O)c(C(=O)OCc4cccc5ccccc45)c4c3c2C(=O)c2ccccc2-4)c1. The highest BCUT2D eigenvalue weighted by atomic mass is 32.2. The second-order valence-electron chi connectivity index (χ2n) is 12.9. The van der Waals surface area contributed by atoms with Crippen LogP contribution in [0.15, 0.2) is 110 Å². The highest BCUT2D eigenvalue weighted by molar-refractivity contribution is 7.91. The zero-order valence-corrected chi connectivity index (χ0v) is 31.5. The van der Waals surface area contributed by atoms with Crippen molar-refractivity contribution in [3.05, 3.63) is 124 Å². The van der Waals surface area contributed by atoms with Crippen LogP contribution in [-0.2, 0) is 46.2 Å². The molecule has 5 aromatic carbocycles. The number of H-pyrrole nitrogens is 1. The van der Waals surface area contributed by atoms with Crippen LogP contribution >= 0.6 is 0 Å². The molecule has 1 aliphatic carbocycles. The minimum Gasteiger partial charge on any atom is -0.481 e. The van der Waals surface area contributed by atoms with E-state index in [0.29, 0.717) is 11.6 Å². The number of carbonyl (C=O) groups excluding carboxylic acids is 2. The highest BCUT2D eigenvalue weighted by Crippen LogP contribution is 2.46. The summed E-state index contributed by atoms with van der Waals surface area (Å²) < 4.78 is 103. The van der Waals surface area contributed by atoms with Gasteiger partial charge in [-0.2, -0.15) is 16.8 Å². The smallest absolute Gasteiger partial charge is 0.344 e. The number of nitrogens with one attached hydrogen (secondary N) is 2. The number of sulfone groups is 1. The number of esters is 1. The summed E-state index contributed by atoms with van der Waals surface area (Å²) in [6.07, 6.45) is -0.812. The third-order valence-corrected chi connectivity index (χ3v) is 12.9. The number of benzene rings is 5. The highest BCUT2D eigenvalue weighted by Gasteiger charge is 2.36. The van der Waals surface area contributed by atoms with Crippen molar-refractivity contribution in [1.82, 2.24) is 4.98 Å². The van der Waals surface area contributed by atoms with Crippen molar-refractivity contribution in [2.75, 3.05) is 11.1 Å². The number of pyridine rings is 1. The molecule has 0 amide bonds. The second kappa shape index (κ2) is 14.4. The minimum atomic E-state index is -5.31. The predicted octanol–water partition coefficient (Wildman–Crippen LogP) is 5.13. The van der Waals surface area contributed by atoms with Crippen LogP contribution in [0.4, 0.5) is 11.4 Å². The third-order valence-electron chi connectivity index (χ3n) is 9.31. The lowest BCUT2D eigenvalue weighted by molar-refractivity contribution is -0.137. The van der Waals surface area contributed by atoms with Gasteiger partial charge in [0.05, 0.1) is 33.1 Å². The average molecular weight is 833 g/mol. The van der Waals surface area contributed by atoms with Crippen molar-refractivity contribution in [3.8, 4) is 11.1 Å². The molecular formula is C38H28N2O14S3. The van der Waals surface area contributed by atoms with Gasteiger partial charge in [-0.15, -0.1) is 0 Å². The summed E-state index contributed by atoms with van der Waals surface area (Å²) in [5.74, 6) is -3.94. The molecule has 1 heterocycles. The van der Waals surface area contributed by atoms with Crippen LogP contribution in [0.25, 0.3) is 32.8 Å². The number of rotatable bonds is 12. The summed E-state index contributed by atoms with van der Waals surface area (Å²) in [5.41, 5.74) is -3.82. The Hall–Kier alpha value is -6.25. The van der Waals surface area contributed by atoms with Crippen LogP contribution < -0.4 is 10.9 Å². The first-order valence-corrected chi connectivity index (χ1v) is 21.3. The average Bonchev–Trinajstić information content (AvgIpc) is 3.14. The molecule has 1 aliphatic rings. The van der Waals surface area contributed by atoms with E-state index in [9.17, 15) is 53.5 Å². The molecule has 0 unspecified atom stereocenters. The van der Waals surface area contributed by atoms with Crippen molar-refractivity contribution in [1.29, 1.82) is 0 Å². The maximum Gasteiger partial charge on any atom is 0.344 e. The number of aromatic nitrogens is 1. The van der Waals surface area contributed by atoms with Gasteiger partial charge in [-0.25, -0.2) is 13.2 Å². The van der Waals surface area contributed by atoms with Crippen molar-refractivity contribution in [2.45, 2.75) is 34.1 Å². The Balaban J connectivity index is 1.46. The molecular weight excluding hydrogens is 805 g/mol. The van der Waals surface area contributed by atoms with Gasteiger partial charge in [0.25, 0.3) is 25.8 Å². The summed E-state index contributed by atoms with van der Waals surface area (Å²) in [6, 6.07) is 21.3. The molecule has 5 N–H and O–H groups in total.